The number of nitrogens with zero attached hydrogens (tertiary/aromatic N) is 1. The lowest BCUT2D eigenvalue weighted by Crippen LogP contribution is -2.19. The zero-order valence-corrected chi connectivity index (χ0v) is 7.90. The van der Waals surface area contributed by atoms with Gasteiger partial charge in [-0.25, -0.2) is 0 Å². The fraction of sp³-hybridized carbons (Fsp3) is 0.875. The summed E-state index contributed by atoms with van der Waals surface area (Å²) in [6.45, 7) is 8.84. The molecule has 1 aliphatic rings. The molecule has 1 heterocycles. The standard InChI is InChI=1S/C8H15NS/c1-5(2)8-6(3)9-7(4)10-8/h5-6,8H,1-4H3. The maximum Gasteiger partial charge on any atom is 0.0652 e. The fourth-order valence-electron chi connectivity index (χ4n) is 1.38. The van der Waals surface area contributed by atoms with Gasteiger partial charge in [-0.15, -0.1) is 11.8 Å². The number of hydrogen-bond acceptors (Lipinski definition) is 2. The van der Waals surface area contributed by atoms with Crippen molar-refractivity contribution < 1.29 is 0 Å². The van der Waals surface area contributed by atoms with Crippen LogP contribution in [0.15, 0.2) is 4.99 Å². The minimum absolute atomic E-state index is 0.532. The molecule has 0 aromatic rings. The molecule has 0 saturated heterocycles. The van der Waals surface area contributed by atoms with Gasteiger partial charge in [-0.3, -0.25) is 4.99 Å². The van der Waals surface area contributed by atoms with Crippen LogP contribution < -0.4 is 0 Å². The average molecular weight is 157 g/mol. The summed E-state index contributed by atoms with van der Waals surface area (Å²) in [4.78, 5) is 4.47. The van der Waals surface area contributed by atoms with Crippen molar-refractivity contribution in [3.63, 3.8) is 0 Å². The monoisotopic (exact) mass is 157 g/mol. The van der Waals surface area contributed by atoms with Crippen molar-refractivity contribution in [2.24, 2.45) is 10.9 Å². The van der Waals surface area contributed by atoms with Crippen LogP contribution in [0.3, 0.4) is 0 Å². The Morgan fingerprint density at radius 2 is 2.10 bits per heavy atom. The topological polar surface area (TPSA) is 12.4 Å². The van der Waals surface area contributed by atoms with Gasteiger partial charge in [-0.1, -0.05) is 13.8 Å². The Hall–Kier alpha value is 0.0200. The first-order valence-corrected chi connectivity index (χ1v) is 4.70. The summed E-state index contributed by atoms with van der Waals surface area (Å²) in [6.07, 6.45) is 0. The van der Waals surface area contributed by atoms with Gasteiger partial charge < -0.3 is 0 Å². The molecule has 2 unspecified atom stereocenters. The smallest absolute Gasteiger partial charge is 0.0652 e. The lowest BCUT2D eigenvalue weighted by Gasteiger charge is -2.16. The third-order valence-corrected chi connectivity index (χ3v) is 3.48. The van der Waals surface area contributed by atoms with Crippen molar-refractivity contribution in [1.29, 1.82) is 0 Å². The molecular formula is C8H15NS. The van der Waals surface area contributed by atoms with Crippen LogP contribution >= 0.6 is 11.8 Å². The largest absolute Gasteiger partial charge is 0.279 e. The Balaban J connectivity index is 2.55. The summed E-state index contributed by atoms with van der Waals surface area (Å²) in [6, 6.07) is 0.532. The summed E-state index contributed by atoms with van der Waals surface area (Å²) >= 11 is 1.93. The molecule has 0 bridgehead atoms. The van der Waals surface area contributed by atoms with E-state index in [1.54, 1.807) is 0 Å². The van der Waals surface area contributed by atoms with Crippen molar-refractivity contribution in [3.05, 3.63) is 0 Å². The predicted molar refractivity (Wildman–Crippen MR) is 48.8 cm³/mol. The summed E-state index contributed by atoms with van der Waals surface area (Å²) in [5, 5.41) is 1.98. The first kappa shape index (κ1) is 8.12. The Morgan fingerprint density at radius 1 is 1.50 bits per heavy atom. The molecule has 0 aromatic heterocycles. The highest BCUT2D eigenvalue weighted by Gasteiger charge is 2.26. The molecule has 0 aromatic carbocycles. The number of rotatable bonds is 1. The highest BCUT2D eigenvalue weighted by Crippen LogP contribution is 2.31. The van der Waals surface area contributed by atoms with E-state index in [-0.39, 0.29) is 0 Å². The van der Waals surface area contributed by atoms with Crippen LogP contribution in [0.1, 0.15) is 27.7 Å². The molecule has 58 valence electrons. The van der Waals surface area contributed by atoms with E-state index in [1.165, 1.54) is 5.04 Å². The maximum absolute atomic E-state index is 4.47. The van der Waals surface area contributed by atoms with Crippen molar-refractivity contribution in [3.8, 4) is 0 Å². The van der Waals surface area contributed by atoms with Gasteiger partial charge in [-0.05, 0) is 19.8 Å². The molecule has 0 amide bonds. The van der Waals surface area contributed by atoms with Gasteiger partial charge >= 0.3 is 0 Å². The number of hydrogen-bond donors (Lipinski definition) is 0. The highest BCUT2D eigenvalue weighted by molar-refractivity contribution is 8.14. The Labute approximate surface area is 67.3 Å². The Bertz CT molecular complexity index is 151. The van der Waals surface area contributed by atoms with Crippen LogP contribution in [0.2, 0.25) is 0 Å². The summed E-state index contributed by atoms with van der Waals surface area (Å²) < 4.78 is 0. The summed E-state index contributed by atoms with van der Waals surface area (Å²) in [5.41, 5.74) is 0. The molecule has 1 rings (SSSR count). The molecule has 0 spiro atoms. The van der Waals surface area contributed by atoms with E-state index in [0.29, 0.717) is 6.04 Å². The average Bonchev–Trinajstić information content (AvgIpc) is 2.10. The van der Waals surface area contributed by atoms with Gasteiger partial charge in [0.1, 0.15) is 0 Å². The molecule has 0 aliphatic carbocycles. The zero-order valence-electron chi connectivity index (χ0n) is 7.09. The third-order valence-electron chi connectivity index (χ3n) is 1.82. The lowest BCUT2D eigenvalue weighted by molar-refractivity contribution is 0.548. The van der Waals surface area contributed by atoms with Crippen LogP contribution in [-0.4, -0.2) is 16.3 Å². The van der Waals surface area contributed by atoms with Crippen molar-refractivity contribution >= 4 is 16.8 Å². The second kappa shape index (κ2) is 2.95. The third kappa shape index (κ3) is 1.54. The SMILES string of the molecule is CC1=NC(C)C(C(C)C)S1. The zero-order chi connectivity index (χ0) is 7.72. The van der Waals surface area contributed by atoms with E-state index in [4.69, 9.17) is 0 Å². The van der Waals surface area contributed by atoms with Gasteiger partial charge in [0, 0.05) is 5.25 Å². The molecule has 2 atom stereocenters. The highest BCUT2D eigenvalue weighted by atomic mass is 32.2. The van der Waals surface area contributed by atoms with E-state index in [0.717, 1.165) is 11.2 Å². The minimum Gasteiger partial charge on any atom is -0.279 e. The van der Waals surface area contributed by atoms with E-state index in [1.807, 2.05) is 11.8 Å². The lowest BCUT2D eigenvalue weighted by atomic mass is 10.1. The number of aliphatic imine (C=N–C) groups is 1. The van der Waals surface area contributed by atoms with E-state index >= 15 is 0 Å². The quantitative estimate of drug-likeness (QED) is 0.570. The molecule has 0 fully saturated rings. The summed E-state index contributed by atoms with van der Waals surface area (Å²) in [7, 11) is 0. The van der Waals surface area contributed by atoms with E-state index in [2.05, 4.69) is 32.7 Å². The molecule has 1 nitrogen and oxygen atoms in total. The second-order valence-electron chi connectivity index (χ2n) is 3.22. The number of thioether (sulfide) groups is 1. The Kier molecular flexibility index (Phi) is 2.40. The molecule has 0 N–H and O–H groups in total. The van der Waals surface area contributed by atoms with Crippen LogP contribution in [-0.2, 0) is 0 Å². The predicted octanol–water partition coefficient (Wildman–Crippen LogP) is 2.56. The molecule has 1 aliphatic heterocycles. The van der Waals surface area contributed by atoms with Crippen LogP contribution in [0.4, 0.5) is 0 Å². The van der Waals surface area contributed by atoms with Crippen molar-refractivity contribution in [2.75, 3.05) is 0 Å². The van der Waals surface area contributed by atoms with Gasteiger partial charge in [0.25, 0.3) is 0 Å². The minimum atomic E-state index is 0.532. The van der Waals surface area contributed by atoms with Crippen LogP contribution in [0.25, 0.3) is 0 Å². The molecule has 2 heteroatoms. The maximum atomic E-state index is 4.47. The van der Waals surface area contributed by atoms with Gasteiger partial charge in [-0.2, -0.15) is 0 Å². The first-order chi connectivity index (χ1) is 4.61. The second-order valence-corrected chi connectivity index (χ2v) is 4.59. The van der Waals surface area contributed by atoms with E-state index < -0.39 is 0 Å². The molecule has 10 heavy (non-hydrogen) atoms. The fourth-order valence-corrected chi connectivity index (χ4v) is 2.53. The van der Waals surface area contributed by atoms with Gasteiger partial charge in [0.05, 0.1) is 11.1 Å². The van der Waals surface area contributed by atoms with Crippen molar-refractivity contribution in [2.45, 2.75) is 39.0 Å². The van der Waals surface area contributed by atoms with Crippen molar-refractivity contribution in [1.82, 2.24) is 0 Å². The molecule has 0 radical (unpaired) electrons. The summed E-state index contributed by atoms with van der Waals surface area (Å²) in [5.74, 6) is 0.751. The van der Waals surface area contributed by atoms with Gasteiger partial charge in [0.2, 0.25) is 0 Å². The van der Waals surface area contributed by atoms with Crippen LogP contribution in [0.5, 0.6) is 0 Å². The van der Waals surface area contributed by atoms with E-state index in [9.17, 15) is 0 Å². The molecular weight excluding hydrogens is 142 g/mol. The molecule has 0 saturated carbocycles. The first-order valence-electron chi connectivity index (χ1n) is 3.82. The normalized spacial score (nSPS) is 33.1. The Morgan fingerprint density at radius 3 is 2.30 bits per heavy atom. The van der Waals surface area contributed by atoms with Gasteiger partial charge in [0.15, 0.2) is 0 Å². The van der Waals surface area contributed by atoms with Crippen LogP contribution in [0, 0.1) is 5.92 Å².